The minimum atomic E-state index is -0.372. The molecule has 1 N–H and O–H groups in total. The number of ether oxygens (including phenoxy) is 1. The van der Waals surface area contributed by atoms with Gasteiger partial charge in [0.2, 0.25) is 0 Å². The van der Waals surface area contributed by atoms with E-state index >= 15 is 0 Å². The molecular formula is C19H29NO4. The molecule has 5 heteroatoms. The van der Waals surface area contributed by atoms with Gasteiger partial charge in [-0.1, -0.05) is 39.8 Å². The molecule has 0 aliphatic carbocycles. The molecule has 5 nitrogen and oxygen atoms in total. The Bertz CT molecular complexity index is 541. The minimum Gasteiger partial charge on any atom is -0.469 e. The van der Waals surface area contributed by atoms with E-state index in [1.165, 1.54) is 7.11 Å². The van der Waals surface area contributed by atoms with Crippen LogP contribution in [0, 0.1) is 0 Å². The smallest absolute Gasteiger partial charge is 0.307 e. The maximum absolute atomic E-state index is 12.8. The molecule has 0 spiro atoms. The Labute approximate surface area is 144 Å². The van der Waals surface area contributed by atoms with Crippen LogP contribution >= 0.6 is 0 Å². The quantitative estimate of drug-likeness (QED) is 0.778. The summed E-state index contributed by atoms with van der Waals surface area (Å²) in [7, 11) is 1.32. The second-order valence-electron chi connectivity index (χ2n) is 6.90. The van der Waals surface area contributed by atoms with Gasteiger partial charge >= 0.3 is 5.97 Å². The Morgan fingerprint density at radius 3 is 2.21 bits per heavy atom. The molecule has 1 amide bonds. The van der Waals surface area contributed by atoms with E-state index in [9.17, 15) is 14.7 Å². The topological polar surface area (TPSA) is 66.8 Å². The Morgan fingerprint density at radius 2 is 1.79 bits per heavy atom. The third-order valence-electron chi connectivity index (χ3n) is 4.17. The number of benzene rings is 1. The molecular weight excluding hydrogens is 306 g/mol. The zero-order chi connectivity index (χ0) is 18.3. The summed E-state index contributed by atoms with van der Waals surface area (Å²) >= 11 is 0. The summed E-state index contributed by atoms with van der Waals surface area (Å²) in [5.41, 5.74) is 1.72. The standard InChI is InChI=1S/C19H29NO4/c1-6-16(13-21)20(12-11-17(22)24-5)18(23)14-7-9-15(10-8-14)19(2,3)4/h7-10,16,21H,6,11-13H2,1-5H3. The first-order valence-corrected chi connectivity index (χ1v) is 8.33. The molecule has 0 aliphatic rings. The van der Waals surface area contributed by atoms with Gasteiger partial charge in [-0.25, -0.2) is 0 Å². The molecule has 0 radical (unpaired) electrons. The van der Waals surface area contributed by atoms with Crippen LogP contribution in [0.2, 0.25) is 0 Å². The number of carbonyl (C=O) groups is 2. The number of carbonyl (C=O) groups excluding carboxylic acids is 2. The first-order chi connectivity index (χ1) is 11.2. The van der Waals surface area contributed by atoms with Crippen molar-refractivity contribution in [1.29, 1.82) is 0 Å². The number of methoxy groups -OCH3 is 1. The van der Waals surface area contributed by atoms with Crippen molar-refractivity contribution < 1.29 is 19.4 Å². The molecule has 0 fully saturated rings. The molecule has 1 aromatic carbocycles. The van der Waals surface area contributed by atoms with Crippen LogP contribution in [0.1, 0.15) is 56.5 Å². The van der Waals surface area contributed by atoms with E-state index < -0.39 is 0 Å². The van der Waals surface area contributed by atoms with E-state index in [2.05, 4.69) is 25.5 Å². The van der Waals surface area contributed by atoms with Crippen LogP contribution in [0.3, 0.4) is 0 Å². The highest BCUT2D eigenvalue weighted by Crippen LogP contribution is 2.23. The number of aliphatic hydroxyl groups is 1. The summed E-state index contributed by atoms with van der Waals surface area (Å²) in [6.45, 7) is 8.35. The number of rotatable bonds is 7. The van der Waals surface area contributed by atoms with Gasteiger partial charge in [-0.3, -0.25) is 9.59 Å². The highest BCUT2D eigenvalue weighted by atomic mass is 16.5. The molecule has 0 aliphatic heterocycles. The third kappa shape index (κ3) is 5.34. The number of hydrogen-bond acceptors (Lipinski definition) is 4. The lowest BCUT2D eigenvalue weighted by molar-refractivity contribution is -0.140. The van der Waals surface area contributed by atoms with E-state index in [-0.39, 0.29) is 42.9 Å². The fourth-order valence-corrected chi connectivity index (χ4v) is 2.49. The molecule has 0 bridgehead atoms. The minimum absolute atomic E-state index is 0.0171. The SMILES string of the molecule is CCC(CO)N(CCC(=O)OC)C(=O)c1ccc(C(C)(C)C)cc1. The van der Waals surface area contributed by atoms with Gasteiger partial charge in [0, 0.05) is 12.1 Å². The second-order valence-corrected chi connectivity index (χ2v) is 6.90. The Morgan fingerprint density at radius 1 is 1.21 bits per heavy atom. The van der Waals surface area contributed by atoms with Crippen molar-refractivity contribution in [3.63, 3.8) is 0 Å². The maximum Gasteiger partial charge on any atom is 0.307 e. The van der Waals surface area contributed by atoms with Crippen molar-refractivity contribution >= 4 is 11.9 Å². The lowest BCUT2D eigenvalue weighted by Crippen LogP contribution is -2.43. The molecule has 134 valence electrons. The summed E-state index contributed by atoms with van der Waals surface area (Å²) in [5, 5.41) is 9.56. The Balaban J connectivity index is 2.99. The third-order valence-corrected chi connectivity index (χ3v) is 4.17. The van der Waals surface area contributed by atoms with Gasteiger partial charge in [-0.05, 0) is 29.5 Å². The van der Waals surface area contributed by atoms with Gasteiger partial charge in [0.05, 0.1) is 26.2 Å². The fraction of sp³-hybridized carbons (Fsp3) is 0.579. The molecule has 1 unspecified atom stereocenters. The number of aliphatic hydroxyl groups excluding tert-OH is 1. The van der Waals surface area contributed by atoms with Crippen molar-refractivity contribution in [3.8, 4) is 0 Å². The van der Waals surface area contributed by atoms with Crippen LogP contribution in [-0.2, 0) is 14.9 Å². The largest absolute Gasteiger partial charge is 0.469 e. The highest BCUT2D eigenvalue weighted by molar-refractivity contribution is 5.94. The highest BCUT2D eigenvalue weighted by Gasteiger charge is 2.24. The predicted octanol–water partition coefficient (Wildman–Crippen LogP) is 2.76. The summed E-state index contributed by atoms with van der Waals surface area (Å²) < 4.78 is 4.65. The van der Waals surface area contributed by atoms with Gasteiger partial charge in [0.15, 0.2) is 0 Å². The van der Waals surface area contributed by atoms with Crippen LogP contribution < -0.4 is 0 Å². The molecule has 0 saturated carbocycles. The van der Waals surface area contributed by atoms with Gasteiger partial charge in [-0.15, -0.1) is 0 Å². The summed E-state index contributed by atoms with van der Waals surface area (Å²) in [6.07, 6.45) is 0.725. The molecule has 1 rings (SSSR count). The molecule has 1 atom stereocenters. The zero-order valence-electron chi connectivity index (χ0n) is 15.3. The van der Waals surface area contributed by atoms with Crippen LogP contribution in [0.15, 0.2) is 24.3 Å². The number of esters is 1. The average Bonchev–Trinajstić information content (AvgIpc) is 2.57. The second kappa shape index (κ2) is 8.83. The summed E-state index contributed by atoms with van der Waals surface area (Å²) in [5.74, 6) is -0.552. The molecule has 24 heavy (non-hydrogen) atoms. The van der Waals surface area contributed by atoms with E-state index in [0.717, 1.165) is 5.56 Å². The lowest BCUT2D eigenvalue weighted by atomic mass is 9.86. The Kier molecular flexibility index (Phi) is 7.42. The van der Waals surface area contributed by atoms with Crippen molar-refractivity contribution in [1.82, 2.24) is 4.90 Å². The van der Waals surface area contributed by atoms with Gasteiger partial charge < -0.3 is 14.7 Å². The van der Waals surface area contributed by atoms with Gasteiger partial charge in [-0.2, -0.15) is 0 Å². The van der Waals surface area contributed by atoms with Gasteiger partial charge in [0.1, 0.15) is 0 Å². The van der Waals surface area contributed by atoms with E-state index in [1.807, 2.05) is 19.1 Å². The summed E-state index contributed by atoms with van der Waals surface area (Å²) in [4.78, 5) is 25.8. The normalized spacial score (nSPS) is 12.6. The lowest BCUT2D eigenvalue weighted by Gasteiger charge is -2.30. The van der Waals surface area contributed by atoms with E-state index in [4.69, 9.17) is 0 Å². The van der Waals surface area contributed by atoms with Crippen LogP contribution in [-0.4, -0.2) is 48.2 Å². The predicted molar refractivity (Wildman–Crippen MR) is 94.0 cm³/mol. The van der Waals surface area contributed by atoms with Crippen LogP contribution in [0.5, 0.6) is 0 Å². The van der Waals surface area contributed by atoms with Crippen molar-refractivity contribution in [2.45, 2.75) is 52.0 Å². The zero-order valence-corrected chi connectivity index (χ0v) is 15.3. The number of nitrogens with zero attached hydrogens (tertiary/aromatic N) is 1. The first kappa shape index (κ1) is 20.2. The van der Waals surface area contributed by atoms with Crippen molar-refractivity contribution in [3.05, 3.63) is 35.4 Å². The van der Waals surface area contributed by atoms with Crippen molar-refractivity contribution in [2.75, 3.05) is 20.3 Å². The maximum atomic E-state index is 12.8. The number of amides is 1. The monoisotopic (exact) mass is 335 g/mol. The van der Waals surface area contributed by atoms with Crippen LogP contribution in [0.25, 0.3) is 0 Å². The van der Waals surface area contributed by atoms with E-state index in [0.29, 0.717) is 12.0 Å². The van der Waals surface area contributed by atoms with Crippen LogP contribution in [0.4, 0.5) is 0 Å². The molecule has 0 heterocycles. The van der Waals surface area contributed by atoms with Crippen molar-refractivity contribution in [2.24, 2.45) is 0 Å². The number of hydrogen-bond donors (Lipinski definition) is 1. The van der Waals surface area contributed by atoms with E-state index in [1.54, 1.807) is 17.0 Å². The fourth-order valence-electron chi connectivity index (χ4n) is 2.49. The first-order valence-electron chi connectivity index (χ1n) is 8.33. The summed E-state index contributed by atoms with van der Waals surface area (Å²) in [6, 6.07) is 7.19. The molecule has 0 aromatic heterocycles. The average molecular weight is 335 g/mol. The Hall–Kier alpha value is -1.88. The molecule has 1 aromatic rings. The molecule has 0 saturated heterocycles. The van der Waals surface area contributed by atoms with Gasteiger partial charge in [0.25, 0.3) is 5.91 Å².